The van der Waals surface area contributed by atoms with Gasteiger partial charge in [-0.3, -0.25) is 0 Å². The third-order valence-corrected chi connectivity index (χ3v) is 3.73. The van der Waals surface area contributed by atoms with E-state index in [2.05, 4.69) is 0 Å². The number of esters is 1. The van der Waals surface area contributed by atoms with Gasteiger partial charge in [-0.1, -0.05) is 41.9 Å². The van der Waals surface area contributed by atoms with E-state index in [4.69, 9.17) is 25.8 Å². The lowest BCUT2D eigenvalue weighted by molar-refractivity contribution is -0.136. The summed E-state index contributed by atoms with van der Waals surface area (Å²) >= 11 is 5.78. The average Bonchev–Trinajstić information content (AvgIpc) is 2.68. The summed E-state index contributed by atoms with van der Waals surface area (Å²) in [4.78, 5) is 11.8. The summed E-state index contributed by atoms with van der Waals surface area (Å²) < 4.78 is 16.3. The molecule has 3 rings (SSSR count). The van der Waals surface area contributed by atoms with Crippen molar-refractivity contribution in [2.75, 3.05) is 6.61 Å². The average molecular weight is 369 g/mol. The van der Waals surface area contributed by atoms with Crippen molar-refractivity contribution in [1.29, 1.82) is 0 Å². The molecule has 4 nitrogen and oxygen atoms in total. The zero-order valence-corrected chi connectivity index (χ0v) is 14.7. The number of rotatable bonds is 7. The molecule has 0 saturated heterocycles. The zero-order chi connectivity index (χ0) is 18.2. The van der Waals surface area contributed by atoms with E-state index in [0.29, 0.717) is 23.1 Å². The Morgan fingerprint density at radius 2 is 1.31 bits per heavy atom. The van der Waals surface area contributed by atoms with Crippen LogP contribution in [0.25, 0.3) is 0 Å². The predicted octanol–water partition coefficient (Wildman–Crippen LogP) is 4.90. The molecule has 0 spiro atoms. The Morgan fingerprint density at radius 3 is 1.96 bits per heavy atom. The molecule has 0 aliphatic heterocycles. The molecule has 5 heteroatoms. The molecule has 3 aromatic rings. The van der Waals surface area contributed by atoms with Gasteiger partial charge in [-0.2, -0.15) is 0 Å². The van der Waals surface area contributed by atoms with Crippen molar-refractivity contribution in [2.24, 2.45) is 0 Å². The number of hydrogen-bond donors (Lipinski definition) is 0. The van der Waals surface area contributed by atoms with Gasteiger partial charge < -0.3 is 14.2 Å². The molecule has 0 atom stereocenters. The minimum absolute atomic E-state index is 0.188. The van der Waals surface area contributed by atoms with E-state index in [0.717, 1.165) is 11.3 Å². The molecule has 26 heavy (non-hydrogen) atoms. The smallest absolute Gasteiger partial charge is 0.349 e. The summed E-state index contributed by atoms with van der Waals surface area (Å²) in [6.07, 6.45) is 0. The van der Waals surface area contributed by atoms with Gasteiger partial charge in [0.25, 0.3) is 0 Å². The molecule has 0 bridgehead atoms. The first-order valence-corrected chi connectivity index (χ1v) is 8.43. The minimum Gasteiger partial charge on any atom is -0.489 e. The van der Waals surface area contributed by atoms with Crippen molar-refractivity contribution in [3.63, 3.8) is 0 Å². The third kappa shape index (κ3) is 5.53. The first kappa shape index (κ1) is 17.8. The third-order valence-electron chi connectivity index (χ3n) is 3.47. The van der Waals surface area contributed by atoms with E-state index in [9.17, 15) is 4.79 Å². The topological polar surface area (TPSA) is 44.8 Å². The quantitative estimate of drug-likeness (QED) is 0.439. The Bertz CT molecular complexity index is 830. The van der Waals surface area contributed by atoms with Gasteiger partial charge in [0.1, 0.15) is 23.9 Å². The molecule has 0 amide bonds. The molecule has 0 fully saturated rings. The van der Waals surface area contributed by atoms with Crippen molar-refractivity contribution < 1.29 is 19.0 Å². The van der Waals surface area contributed by atoms with E-state index < -0.39 is 5.97 Å². The van der Waals surface area contributed by atoms with Crippen molar-refractivity contribution in [3.8, 4) is 17.2 Å². The summed E-state index contributed by atoms with van der Waals surface area (Å²) in [5, 5.41) is 0.579. The Hall–Kier alpha value is -2.98. The fourth-order valence-corrected chi connectivity index (χ4v) is 2.30. The Balaban J connectivity index is 1.45. The second kappa shape index (κ2) is 8.92. The van der Waals surface area contributed by atoms with Gasteiger partial charge in [-0.15, -0.1) is 0 Å². The van der Waals surface area contributed by atoms with Crippen molar-refractivity contribution >= 4 is 17.6 Å². The second-order valence-electron chi connectivity index (χ2n) is 5.46. The van der Waals surface area contributed by atoms with Gasteiger partial charge in [0.05, 0.1) is 0 Å². The maximum atomic E-state index is 11.8. The fourth-order valence-electron chi connectivity index (χ4n) is 2.18. The van der Waals surface area contributed by atoms with Crippen LogP contribution in [-0.2, 0) is 11.4 Å². The van der Waals surface area contributed by atoms with Crippen LogP contribution in [-0.4, -0.2) is 12.6 Å². The summed E-state index contributed by atoms with van der Waals surface area (Å²) in [7, 11) is 0. The van der Waals surface area contributed by atoms with Gasteiger partial charge in [0.2, 0.25) is 0 Å². The van der Waals surface area contributed by atoms with E-state index in [1.54, 1.807) is 48.5 Å². The number of benzene rings is 3. The van der Waals surface area contributed by atoms with Gasteiger partial charge in [0, 0.05) is 5.02 Å². The monoisotopic (exact) mass is 368 g/mol. The van der Waals surface area contributed by atoms with Crippen LogP contribution < -0.4 is 14.2 Å². The van der Waals surface area contributed by atoms with Crippen molar-refractivity contribution in [1.82, 2.24) is 0 Å². The normalized spacial score (nSPS) is 10.2. The molecule has 0 aromatic heterocycles. The molecular formula is C21H17ClO4. The first-order chi connectivity index (χ1) is 12.7. The Kier molecular flexibility index (Phi) is 6.12. The molecule has 132 valence electrons. The van der Waals surface area contributed by atoms with Crippen LogP contribution >= 0.6 is 11.6 Å². The molecule has 3 aromatic carbocycles. The first-order valence-electron chi connectivity index (χ1n) is 8.05. The maximum absolute atomic E-state index is 11.8. The molecule has 0 N–H and O–H groups in total. The summed E-state index contributed by atoms with van der Waals surface area (Å²) in [5.74, 6) is 1.22. The van der Waals surface area contributed by atoms with Gasteiger partial charge in [0.15, 0.2) is 6.61 Å². The van der Waals surface area contributed by atoms with Crippen LogP contribution in [0.2, 0.25) is 5.02 Å². The fraction of sp³-hybridized carbons (Fsp3) is 0.0952. The highest BCUT2D eigenvalue weighted by Crippen LogP contribution is 2.19. The number of hydrogen-bond acceptors (Lipinski definition) is 4. The van der Waals surface area contributed by atoms with Crippen LogP contribution in [0.1, 0.15) is 5.56 Å². The van der Waals surface area contributed by atoms with Gasteiger partial charge in [-0.05, 0) is 54.1 Å². The molecule has 0 aliphatic carbocycles. The molecule has 0 saturated carbocycles. The number of carbonyl (C=O) groups is 1. The van der Waals surface area contributed by atoms with Crippen LogP contribution in [0.4, 0.5) is 0 Å². The van der Waals surface area contributed by atoms with Crippen molar-refractivity contribution in [2.45, 2.75) is 6.61 Å². The summed E-state index contributed by atoms with van der Waals surface area (Å²) in [6.45, 7) is 0.307. The van der Waals surface area contributed by atoms with Gasteiger partial charge >= 0.3 is 5.97 Å². The molecule has 0 heterocycles. The van der Waals surface area contributed by atoms with E-state index >= 15 is 0 Å². The van der Waals surface area contributed by atoms with Gasteiger partial charge in [-0.25, -0.2) is 4.79 Å². The lowest BCUT2D eigenvalue weighted by atomic mass is 10.2. The van der Waals surface area contributed by atoms with E-state index in [-0.39, 0.29) is 6.61 Å². The molecule has 0 unspecified atom stereocenters. The minimum atomic E-state index is -0.489. The Morgan fingerprint density at radius 1 is 0.731 bits per heavy atom. The predicted molar refractivity (Wildman–Crippen MR) is 99.8 cm³/mol. The highest BCUT2D eigenvalue weighted by atomic mass is 35.5. The largest absolute Gasteiger partial charge is 0.489 e. The number of halogens is 1. The van der Waals surface area contributed by atoms with E-state index in [1.165, 1.54) is 0 Å². The number of carbonyl (C=O) groups excluding carboxylic acids is 1. The van der Waals surface area contributed by atoms with Crippen LogP contribution in [0.3, 0.4) is 0 Å². The highest BCUT2D eigenvalue weighted by Gasteiger charge is 2.06. The lowest BCUT2D eigenvalue weighted by Crippen LogP contribution is -2.17. The van der Waals surface area contributed by atoms with E-state index in [1.807, 2.05) is 30.3 Å². The second-order valence-corrected chi connectivity index (χ2v) is 5.90. The standard InChI is InChI=1S/C21H17ClO4/c22-17-6-8-20(9-7-17)26-21(23)15-25-19-12-10-18(11-13-19)24-14-16-4-2-1-3-5-16/h1-13H,14-15H2. The summed E-state index contributed by atoms with van der Waals surface area (Å²) in [5.41, 5.74) is 1.10. The lowest BCUT2D eigenvalue weighted by Gasteiger charge is -2.09. The van der Waals surface area contributed by atoms with Crippen LogP contribution in [0.15, 0.2) is 78.9 Å². The highest BCUT2D eigenvalue weighted by molar-refractivity contribution is 6.30. The van der Waals surface area contributed by atoms with Crippen LogP contribution in [0, 0.1) is 0 Å². The summed E-state index contributed by atoms with van der Waals surface area (Å²) in [6, 6.07) is 23.5. The zero-order valence-electron chi connectivity index (χ0n) is 13.9. The molecular weight excluding hydrogens is 352 g/mol. The molecule has 0 aliphatic rings. The SMILES string of the molecule is O=C(COc1ccc(OCc2ccccc2)cc1)Oc1ccc(Cl)cc1. The van der Waals surface area contributed by atoms with Crippen LogP contribution in [0.5, 0.6) is 17.2 Å². The van der Waals surface area contributed by atoms with Crippen molar-refractivity contribution in [3.05, 3.63) is 89.4 Å². The Labute approximate surface area is 156 Å². The maximum Gasteiger partial charge on any atom is 0.349 e. The molecule has 0 radical (unpaired) electrons. The number of ether oxygens (including phenoxy) is 3.